The van der Waals surface area contributed by atoms with Crippen molar-refractivity contribution < 1.29 is 14.4 Å². The molecule has 0 aromatic carbocycles. The maximum absolute atomic E-state index is 12.8. The Balaban J connectivity index is 1.08. The van der Waals surface area contributed by atoms with Crippen LogP contribution in [-0.4, -0.2) is 71.3 Å². The summed E-state index contributed by atoms with van der Waals surface area (Å²) in [5.41, 5.74) is 0. The van der Waals surface area contributed by atoms with Gasteiger partial charge in [0.15, 0.2) is 0 Å². The maximum atomic E-state index is 12.8. The molecular weight excluding hydrogens is 418 g/mol. The van der Waals surface area contributed by atoms with E-state index in [9.17, 15) is 14.4 Å². The van der Waals surface area contributed by atoms with E-state index < -0.39 is 6.04 Å². The Morgan fingerprint density at radius 1 is 1.03 bits per heavy atom. The summed E-state index contributed by atoms with van der Waals surface area (Å²) in [5, 5.41) is 4.75. The second kappa shape index (κ2) is 10.9. The standard InChI is InChI=1S/C25H35N5O3/c1-18(31)29-14-8-20(9-15-29)25(33)30-12-6-19(7-13-30)4-2-3-10-27-24(32)23-16-21-17-26-11-5-22(21)28-23/h5,11,16-17,19-20,23H,2-4,6-10,12-15H2,1H3,(H,27,32). The Morgan fingerprint density at radius 2 is 1.76 bits per heavy atom. The minimum Gasteiger partial charge on any atom is -0.354 e. The highest BCUT2D eigenvalue weighted by atomic mass is 16.2. The van der Waals surface area contributed by atoms with Crippen LogP contribution in [-0.2, 0) is 14.4 Å². The van der Waals surface area contributed by atoms with Crippen molar-refractivity contribution in [3.63, 3.8) is 0 Å². The summed E-state index contributed by atoms with van der Waals surface area (Å²) in [6, 6.07) is 1.38. The first-order chi connectivity index (χ1) is 16.0. The minimum absolute atomic E-state index is 0.0489. The zero-order chi connectivity index (χ0) is 23.2. The Hall–Kier alpha value is -2.77. The van der Waals surface area contributed by atoms with Crippen molar-refractivity contribution in [3.05, 3.63) is 29.0 Å². The molecule has 2 fully saturated rings. The van der Waals surface area contributed by atoms with E-state index in [1.54, 1.807) is 19.3 Å². The fourth-order valence-corrected chi connectivity index (χ4v) is 5.15. The number of rotatable bonds is 7. The molecule has 0 bridgehead atoms. The number of unbranched alkanes of at least 4 members (excludes halogenated alkanes) is 1. The van der Waals surface area contributed by atoms with Crippen molar-refractivity contribution in [2.75, 3.05) is 32.7 Å². The number of hydrogen-bond donors (Lipinski definition) is 1. The number of amides is 3. The third-order valence-electron chi connectivity index (χ3n) is 7.27. The number of hydrogen-bond acceptors (Lipinski definition) is 5. The molecule has 3 aliphatic rings. The van der Waals surface area contributed by atoms with Gasteiger partial charge in [-0.25, -0.2) is 0 Å². The molecule has 8 heteroatoms. The molecule has 1 N–H and O–H groups in total. The number of pyridine rings is 1. The van der Waals surface area contributed by atoms with E-state index in [-0.39, 0.29) is 23.6 Å². The van der Waals surface area contributed by atoms with Crippen LogP contribution in [0, 0.1) is 11.8 Å². The van der Waals surface area contributed by atoms with Crippen molar-refractivity contribution in [1.29, 1.82) is 0 Å². The molecule has 0 saturated carbocycles. The van der Waals surface area contributed by atoms with Crippen LogP contribution in [0.2, 0.25) is 0 Å². The van der Waals surface area contributed by atoms with Crippen molar-refractivity contribution >= 4 is 23.8 Å². The summed E-state index contributed by atoms with van der Waals surface area (Å²) in [6.45, 7) is 5.38. The van der Waals surface area contributed by atoms with Gasteiger partial charge in [-0.1, -0.05) is 12.8 Å². The summed E-state index contributed by atoms with van der Waals surface area (Å²) in [5.74, 6) is 1.08. The molecule has 4 heterocycles. The lowest BCUT2D eigenvalue weighted by atomic mass is 9.89. The molecule has 1 aromatic heterocycles. The smallest absolute Gasteiger partial charge is 0.248 e. The predicted octanol–water partition coefficient (Wildman–Crippen LogP) is 0.648. The normalized spacial score (nSPS) is 21.2. The molecule has 4 rings (SSSR count). The molecule has 33 heavy (non-hydrogen) atoms. The van der Waals surface area contributed by atoms with E-state index in [4.69, 9.17) is 0 Å². The van der Waals surface area contributed by atoms with Crippen LogP contribution in [0.4, 0.5) is 0 Å². The maximum Gasteiger partial charge on any atom is 0.248 e. The Bertz CT molecular complexity index is 943. The first-order valence-electron chi connectivity index (χ1n) is 12.3. The van der Waals surface area contributed by atoms with Crippen molar-refractivity contribution in [3.8, 4) is 0 Å². The second-order valence-corrected chi connectivity index (χ2v) is 9.51. The average Bonchev–Trinajstić information content (AvgIpc) is 3.28. The van der Waals surface area contributed by atoms with E-state index in [1.165, 1.54) is 0 Å². The van der Waals surface area contributed by atoms with E-state index in [2.05, 4.69) is 15.3 Å². The number of likely N-dealkylation sites (tertiary alicyclic amines) is 2. The first kappa shape index (κ1) is 23.4. The van der Waals surface area contributed by atoms with Gasteiger partial charge in [0.1, 0.15) is 6.04 Å². The highest BCUT2D eigenvalue weighted by molar-refractivity contribution is 5.88. The van der Waals surface area contributed by atoms with Crippen LogP contribution >= 0.6 is 0 Å². The Morgan fingerprint density at radius 3 is 2.45 bits per heavy atom. The summed E-state index contributed by atoms with van der Waals surface area (Å²) >= 11 is 0. The van der Waals surface area contributed by atoms with E-state index in [1.807, 2.05) is 21.9 Å². The van der Waals surface area contributed by atoms with Gasteiger partial charge in [-0.15, -0.1) is 0 Å². The Labute approximate surface area is 195 Å². The average molecular weight is 454 g/mol. The van der Waals surface area contributed by atoms with Crippen molar-refractivity contribution in [2.24, 2.45) is 16.8 Å². The van der Waals surface area contributed by atoms with Gasteiger partial charge < -0.3 is 15.1 Å². The molecular formula is C25H35N5O3. The molecule has 8 nitrogen and oxygen atoms in total. The largest absolute Gasteiger partial charge is 0.354 e. The predicted molar refractivity (Wildman–Crippen MR) is 124 cm³/mol. The zero-order valence-electron chi connectivity index (χ0n) is 19.5. The van der Waals surface area contributed by atoms with Crippen LogP contribution in [0.3, 0.4) is 0 Å². The molecule has 1 unspecified atom stereocenters. The van der Waals surface area contributed by atoms with Gasteiger partial charge in [0.05, 0.1) is 5.36 Å². The summed E-state index contributed by atoms with van der Waals surface area (Å²) in [7, 11) is 0. The molecule has 2 saturated heterocycles. The number of carbonyl (C=O) groups is 3. The van der Waals surface area contributed by atoms with E-state index in [0.717, 1.165) is 68.6 Å². The second-order valence-electron chi connectivity index (χ2n) is 9.51. The highest BCUT2D eigenvalue weighted by Gasteiger charge is 2.31. The van der Waals surface area contributed by atoms with Crippen LogP contribution in [0.25, 0.3) is 6.08 Å². The topological polar surface area (TPSA) is 95.0 Å². The number of aromatic nitrogens is 1. The molecule has 0 radical (unpaired) electrons. The van der Waals surface area contributed by atoms with Crippen LogP contribution in [0.1, 0.15) is 51.9 Å². The molecule has 0 spiro atoms. The monoisotopic (exact) mass is 453 g/mol. The van der Waals surface area contributed by atoms with Gasteiger partial charge in [-0.3, -0.25) is 24.4 Å². The lowest BCUT2D eigenvalue weighted by molar-refractivity contribution is -0.141. The molecule has 1 aromatic rings. The van der Waals surface area contributed by atoms with Gasteiger partial charge in [0, 0.05) is 63.2 Å². The number of nitrogens with one attached hydrogen (secondary N) is 1. The molecule has 3 aliphatic heterocycles. The van der Waals surface area contributed by atoms with E-state index in [0.29, 0.717) is 25.6 Å². The van der Waals surface area contributed by atoms with Crippen LogP contribution in [0.5, 0.6) is 0 Å². The molecule has 1 atom stereocenters. The number of nitrogens with zero attached hydrogens (tertiary/aromatic N) is 4. The lowest BCUT2D eigenvalue weighted by Crippen LogP contribution is -2.46. The fourth-order valence-electron chi connectivity index (χ4n) is 5.15. The Kier molecular flexibility index (Phi) is 7.73. The third kappa shape index (κ3) is 5.97. The molecule has 0 aliphatic carbocycles. The first-order valence-corrected chi connectivity index (χ1v) is 12.3. The van der Waals surface area contributed by atoms with Crippen LogP contribution in [0.15, 0.2) is 23.5 Å². The highest BCUT2D eigenvalue weighted by Crippen LogP contribution is 2.26. The number of piperidine rings is 2. The van der Waals surface area contributed by atoms with Crippen molar-refractivity contribution in [2.45, 2.75) is 57.9 Å². The van der Waals surface area contributed by atoms with Crippen LogP contribution < -0.4 is 15.9 Å². The molecule has 178 valence electrons. The number of fused-ring (bicyclic) bond motifs is 1. The fraction of sp³-hybridized carbons (Fsp3) is 0.640. The van der Waals surface area contributed by atoms with Gasteiger partial charge in [-0.05, 0) is 50.2 Å². The third-order valence-corrected chi connectivity index (χ3v) is 7.27. The SMILES string of the molecule is CC(=O)N1CCC(C(=O)N2CCC(CCCCNC(=O)C3C=c4cnccc4=N3)CC2)CC1. The minimum atomic E-state index is -0.444. The van der Waals surface area contributed by atoms with Crippen molar-refractivity contribution in [1.82, 2.24) is 20.1 Å². The zero-order valence-corrected chi connectivity index (χ0v) is 19.5. The summed E-state index contributed by atoms with van der Waals surface area (Å²) < 4.78 is 0. The van der Waals surface area contributed by atoms with E-state index >= 15 is 0 Å². The lowest BCUT2D eigenvalue weighted by Gasteiger charge is -2.37. The van der Waals surface area contributed by atoms with Gasteiger partial charge in [-0.2, -0.15) is 0 Å². The van der Waals surface area contributed by atoms with Gasteiger partial charge in [0.25, 0.3) is 0 Å². The molecule has 3 amide bonds. The summed E-state index contributed by atoms with van der Waals surface area (Å²) in [4.78, 5) is 49.1. The van der Waals surface area contributed by atoms with Gasteiger partial charge in [0.2, 0.25) is 17.7 Å². The van der Waals surface area contributed by atoms with Gasteiger partial charge >= 0.3 is 0 Å². The quantitative estimate of drug-likeness (QED) is 0.613. The summed E-state index contributed by atoms with van der Waals surface area (Å²) in [6.07, 6.45) is 12.2. The number of carbonyl (C=O) groups excluding carboxylic acids is 3.